The highest BCUT2D eigenvalue weighted by atomic mass is 35.5. The Morgan fingerprint density at radius 1 is 1.03 bits per heavy atom. The van der Waals surface area contributed by atoms with Crippen LogP contribution in [0.4, 0.5) is 11.4 Å². The monoisotopic (exact) mass is 496 g/mol. The lowest BCUT2D eigenvalue weighted by Gasteiger charge is -2.14. The molecular formula is C21H18Cl2N2O4S2. The summed E-state index contributed by atoms with van der Waals surface area (Å²) in [5.74, 6) is -0.239. The molecule has 1 amide bonds. The number of carbonyl (C=O) groups excluding carboxylic acids is 1. The maximum Gasteiger partial charge on any atom is 0.261 e. The first-order chi connectivity index (χ1) is 14.7. The number of nitrogens with one attached hydrogen (secondary N) is 2. The zero-order valence-electron chi connectivity index (χ0n) is 16.5. The van der Waals surface area contributed by atoms with Crippen molar-refractivity contribution in [2.24, 2.45) is 0 Å². The Labute approximate surface area is 195 Å². The molecule has 31 heavy (non-hydrogen) atoms. The Morgan fingerprint density at radius 3 is 2.48 bits per heavy atom. The number of hydrogen-bond donors (Lipinski definition) is 2. The van der Waals surface area contributed by atoms with Crippen LogP contribution in [-0.4, -0.2) is 27.7 Å². The van der Waals surface area contributed by atoms with Crippen molar-refractivity contribution in [1.29, 1.82) is 0 Å². The van der Waals surface area contributed by atoms with Gasteiger partial charge in [0, 0.05) is 15.6 Å². The van der Waals surface area contributed by atoms with E-state index in [1.807, 2.05) is 12.3 Å². The second-order valence-electron chi connectivity index (χ2n) is 6.28. The van der Waals surface area contributed by atoms with E-state index >= 15 is 0 Å². The van der Waals surface area contributed by atoms with Gasteiger partial charge in [-0.15, -0.1) is 11.8 Å². The van der Waals surface area contributed by atoms with E-state index in [4.69, 9.17) is 27.9 Å². The third kappa shape index (κ3) is 5.65. The molecule has 6 nitrogen and oxygen atoms in total. The molecule has 0 spiro atoms. The summed E-state index contributed by atoms with van der Waals surface area (Å²) < 4.78 is 33.6. The minimum atomic E-state index is -3.91. The number of ether oxygens (including phenoxy) is 1. The van der Waals surface area contributed by atoms with E-state index in [0.29, 0.717) is 16.5 Å². The van der Waals surface area contributed by atoms with E-state index in [0.717, 1.165) is 4.90 Å². The van der Waals surface area contributed by atoms with Crippen molar-refractivity contribution in [3.8, 4) is 5.75 Å². The van der Waals surface area contributed by atoms with Crippen molar-refractivity contribution >= 4 is 62.3 Å². The van der Waals surface area contributed by atoms with Gasteiger partial charge in [-0.1, -0.05) is 29.3 Å². The van der Waals surface area contributed by atoms with Gasteiger partial charge in [0.1, 0.15) is 5.75 Å². The molecule has 10 heteroatoms. The summed E-state index contributed by atoms with van der Waals surface area (Å²) >= 11 is 13.5. The Balaban J connectivity index is 1.91. The number of hydrogen-bond acceptors (Lipinski definition) is 5. The molecule has 0 saturated heterocycles. The minimum absolute atomic E-state index is 0.0413. The van der Waals surface area contributed by atoms with Crippen LogP contribution in [0.1, 0.15) is 10.4 Å². The van der Waals surface area contributed by atoms with Crippen LogP contribution in [0.2, 0.25) is 10.0 Å². The van der Waals surface area contributed by atoms with Gasteiger partial charge in [0.05, 0.1) is 28.3 Å². The van der Waals surface area contributed by atoms with Gasteiger partial charge < -0.3 is 10.1 Å². The fourth-order valence-electron chi connectivity index (χ4n) is 2.72. The SMILES string of the molecule is COc1ccc(S(=O)(=O)Nc2cccc(SC)c2)cc1NC(=O)c1ccc(Cl)cc1Cl. The van der Waals surface area contributed by atoms with Crippen LogP contribution in [0.3, 0.4) is 0 Å². The number of halogens is 2. The van der Waals surface area contributed by atoms with Crippen LogP contribution in [0.5, 0.6) is 5.75 Å². The molecule has 2 N–H and O–H groups in total. The van der Waals surface area contributed by atoms with Crippen molar-refractivity contribution in [2.75, 3.05) is 23.4 Å². The van der Waals surface area contributed by atoms with Crippen LogP contribution in [-0.2, 0) is 10.0 Å². The molecule has 3 rings (SSSR count). The fourth-order valence-corrected chi connectivity index (χ4v) is 4.74. The van der Waals surface area contributed by atoms with Gasteiger partial charge in [0.2, 0.25) is 0 Å². The van der Waals surface area contributed by atoms with E-state index in [9.17, 15) is 13.2 Å². The van der Waals surface area contributed by atoms with E-state index in [1.165, 1.54) is 55.3 Å². The molecule has 0 heterocycles. The largest absolute Gasteiger partial charge is 0.495 e. The third-order valence-corrected chi connectivity index (χ3v) is 6.88. The number of thioether (sulfide) groups is 1. The average molecular weight is 497 g/mol. The summed E-state index contributed by atoms with van der Waals surface area (Å²) in [5.41, 5.74) is 0.800. The molecule has 0 aromatic heterocycles. The summed E-state index contributed by atoms with van der Waals surface area (Å²) in [5, 5.41) is 3.21. The average Bonchev–Trinajstić information content (AvgIpc) is 2.73. The predicted octanol–water partition coefficient (Wildman–Crippen LogP) is 5.78. The number of anilines is 2. The van der Waals surface area contributed by atoms with Gasteiger partial charge in [0.15, 0.2) is 0 Å². The molecule has 0 radical (unpaired) electrons. The van der Waals surface area contributed by atoms with Crippen LogP contribution in [0.25, 0.3) is 0 Å². The molecule has 0 unspecified atom stereocenters. The lowest BCUT2D eigenvalue weighted by molar-refractivity contribution is 0.102. The lowest BCUT2D eigenvalue weighted by Crippen LogP contribution is -2.16. The summed E-state index contributed by atoms with van der Waals surface area (Å²) in [4.78, 5) is 13.6. The normalized spacial score (nSPS) is 11.1. The maximum absolute atomic E-state index is 12.9. The quantitative estimate of drug-likeness (QED) is 0.405. The Hall–Kier alpha value is -2.39. The highest BCUT2D eigenvalue weighted by Crippen LogP contribution is 2.30. The van der Waals surface area contributed by atoms with Gasteiger partial charge in [-0.2, -0.15) is 0 Å². The van der Waals surface area contributed by atoms with Gasteiger partial charge in [-0.05, 0) is 60.9 Å². The van der Waals surface area contributed by atoms with Crippen LogP contribution < -0.4 is 14.8 Å². The van der Waals surface area contributed by atoms with Gasteiger partial charge in [-0.25, -0.2) is 8.42 Å². The van der Waals surface area contributed by atoms with Crippen LogP contribution in [0.15, 0.2) is 70.5 Å². The Kier molecular flexibility index (Phi) is 7.38. The Bertz CT molecular complexity index is 1230. The number of benzene rings is 3. The summed E-state index contributed by atoms with van der Waals surface area (Å²) in [6, 6.07) is 15.7. The molecule has 3 aromatic carbocycles. The molecule has 0 bridgehead atoms. The number of amides is 1. The van der Waals surface area contributed by atoms with Crippen LogP contribution in [0, 0.1) is 0 Å². The fraction of sp³-hybridized carbons (Fsp3) is 0.0952. The van der Waals surface area contributed by atoms with E-state index in [1.54, 1.807) is 18.2 Å². The predicted molar refractivity (Wildman–Crippen MR) is 126 cm³/mol. The molecule has 0 fully saturated rings. The third-order valence-electron chi connectivity index (χ3n) is 4.23. The summed E-state index contributed by atoms with van der Waals surface area (Å²) in [6.45, 7) is 0. The number of rotatable bonds is 7. The highest BCUT2D eigenvalue weighted by Gasteiger charge is 2.19. The molecule has 0 saturated carbocycles. The second kappa shape index (κ2) is 9.82. The van der Waals surface area contributed by atoms with Crippen molar-refractivity contribution < 1.29 is 17.9 Å². The van der Waals surface area contributed by atoms with E-state index in [-0.39, 0.29) is 21.2 Å². The number of methoxy groups -OCH3 is 1. The van der Waals surface area contributed by atoms with Crippen molar-refractivity contribution in [3.63, 3.8) is 0 Å². The first kappa shape index (κ1) is 23.3. The van der Waals surface area contributed by atoms with Crippen LogP contribution >= 0.6 is 35.0 Å². The lowest BCUT2D eigenvalue weighted by atomic mass is 10.2. The number of sulfonamides is 1. The minimum Gasteiger partial charge on any atom is -0.495 e. The molecule has 0 aliphatic rings. The zero-order valence-corrected chi connectivity index (χ0v) is 19.6. The van der Waals surface area contributed by atoms with Crippen molar-refractivity contribution in [1.82, 2.24) is 0 Å². The second-order valence-corrected chi connectivity index (χ2v) is 9.68. The topological polar surface area (TPSA) is 84.5 Å². The van der Waals surface area contributed by atoms with Crippen molar-refractivity contribution in [2.45, 2.75) is 9.79 Å². The smallest absolute Gasteiger partial charge is 0.261 e. The first-order valence-corrected chi connectivity index (χ1v) is 12.3. The molecule has 3 aromatic rings. The Morgan fingerprint density at radius 2 is 1.81 bits per heavy atom. The van der Waals surface area contributed by atoms with E-state index in [2.05, 4.69) is 10.0 Å². The van der Waals surface area contributed by atoms with Gasteiger partial charge in [-0.3, -0.25) is 9.52 Å². The molecular weight excluding hydrogens is 479 g/mol. The first-order valence-electron chi connectivity index (χ1n) is 8.85. The molecule has 0 aliphatic carbocycles. The maximum atomic E-state index is 12.9. The zero-order chi connectivity index (χ0) is 22.6. The molecule has 0 atom stereocenters. The molecule has 0 aliphatic heterocycles. The summed E-state index contributed by atoms with van der Waals surface area (Å²) in [7, 11) is -2.49. The van der Waals surface area contributed by atoms with Gasteiger partial charge in [0.25, 0.3) is 15.9 Å². The van der Waals surface area contributed by atoms with Gasteiger partial charge >= 0.3 is 0 Å². The molecule has 162 valence electrons. The van der Waals surface area contributed by atoms with Crippen molar-refractivity contribution in [3.05, 3.63) is 76.3 Å². The number of carbonyl (C=O) groups is 1. The standard InChI is InChI=1S/C21H18Cl2N2O4S2/c1-29-20-9-7-16(31(27,28)25-14-4-3-5-15(11-14)30-2)12-19(20)24-21(26)17-8-6-13(22)10-18(17)23/h3-12,25H,1-2H3,(H,24,26). The highest BCUT2D eigenvalue weighted by molar-refractivity contribution is 7.98. The van der Waals surface area contributed by atoms with E-state index < -0.39 is 15.9 Å². The summed E-state index contributed by atoms with van der Waals surface area (Å²) in [6.07, 6.45) is 1.90.